The zero-order valence-corrected chi connectivity index (χ0v) is 11.4. The molecule has 0 unspecified atom stereocenters. The molecule has 1 amide bonds. The fourth-order valence-corrected chi connectivity index (χ4v) is 2.50. The average Bonchev–Trinajstić information content (AvgIpc) is 3.00. The molecule has 0 fully saturated rings. The van der Waals surface area contributed by atoms with Crippen LogP contribution in [-0.2, 0) is 11.3 Å². The second-order valence-electron chi connectivity index (χ2n) is 3.76. The molecule has 0 aromatic carbocycles. The molecule has 98 valence electrons. The summed E-state index contributed by atoms with van der Waals surface area (Å²) in [7, 11) is 0. The first-order valence-corrected chi connectivity index (χ1v) is 6.54. The topological polar surface area (TPSA) is 87.7 Å². The lowest BCUT2D eigenvalue weighted by Crippen LogP contribution is -2.27. The molecule has 2 aromatic heterocycles. The number of carbonyl (C=O) groups is 1. The molecule has 0 N–H and O–H groups in total. The molecule has 2 heterocycles. The summed E-state index contributed by atoms with van der Waals surface area (Å²) in [6.07, 6.45) is 1.49. The third kappa shape index (κ3) is 2.95. The normalized spacial score (nSPS) is 10.2. The first-order chi connectivity index (χ1) is 9.13. The fraction of sp³-hybridized carbons (Fsp3) is 0.364. The highest BCUT2D eigenvalue weighted by atomic mass is 32.1. The maximum atomic E-state index is 11.4. The van der Waals surface area contributed by atoms with Gasteiger partial charge in [-0.25, -0.2) is 14.6 Å². The predicted octanol–water partition coefficient (Wildman–Crippen LogP) is 1.03. The van der Waals surface area contributed by atoms with Crippen molar-refractivity contribution in [1.29, 1.82) is 5.26 Å². The second kappa shape index (κ2) is 5.58. The van der Waals surface area contributed by atoms with E-state index in [0.29, 0.717) is 18.2 Å². The summed E-state index contributed by atoms with van der Waals surface area (Å²) in [4.78, 5) is 21.2. The second-order valence-corrected chi connectivity index (χ2v) is 4.60. The number of rotatable bonds is 4. The number of aromatic nitrogens is 4. The van der Waals surface area contributed by atoms with E-state index in [1.165, 1.54) is 24.6 Å². The zero-order valence-electron chi connectivity index (χ0n) is 10.6. The van der Waals surface area contributed by atoms with Crippen LogP contribution in [0.1, 0.15) is 25.4 Å². The maximum absolute atomic E-state index is 11.4. The minimum Gasteiger partial charge on any atom is -0.289 e. The van der Waals surface area contributed by atoms with Gasteiger partial charge in [0.1, 0.15) is 12.4 Å². The third-order valence-corrected chi connectivity index (χ3v) is 3.34. The molecule has 0 radical (unpaired) electrons. The van der Waals surface area contributed by atoms with Crippen molar-refractivity contribution >= 4 is 22.4 Å². The van der Waals surface area contributed by atoms with Gasteiger partial charge in [-0.15, -0.1) is 16.4 Å². The maximum Gasteiger partial charge on any atom is 0.252 e. The van der Waals surface area contributed by atoms with Crippen LogP contribution in [0.5, 0.6) is 0 Å². The highest BCUT2D eigenvalue weighted by Gasteiger charge is 2.13. The molecule has 19 heavy (non-hydrogen) atoms. The van der Waals surface area contributed by atoms with Crippen molar-refractivity contribution < 1.29 is 4.79 Å². The molecule has 2 rings (SSSR count). The summed E-state index contributed by atoms with van der Waals surface area (Å²) >= 11 is 1.41. The van der Waals surface area contributed by atoms with Gasteiger partial charge in [-0.2, -0.15) is 5.26 Å². The lowest BCUT2D eigenvalue weighted by Gasteiger charge is -2.14. The number of hydrogen-bond donors (Lipinski definition) is 0. The molecule has 2 aromatic rings. The number of nitrogens with zero attached hydrogens (tertiary/aromatic N) is 6. The largest absolute Gasteiger partial charge is 0.289 e. The van der Waals surface area contributed by atoms with Crippen molar-refractivity contribution in [3.63, 3.8) is 0 Å². The fourth-order valence-electron chi connectivity index (χ4n) is 1.57. The van der Waals surface area contributed by atoms with E-state index in [-0.39, 0.29) is 11.7 Å². The molecule has 7 nitrogen and oxygen atoms in total. The van der Waals surface area contributed by atoms with E-state index in [1.54, 1.807) is 9.58 Å². The smallest absolute Gasteiger partial charge is 0.252 e. The van der Waals surface area contributed by atoms with Crippen molar-refractivity contribution in [1.82, 2.24) is 19.7 Å². The Morgan fingerprint density at radius 3 is 3.00 bits per heavy atom. The van der Waals surface area contributed by atoms with Gasteiger partial charge in [0.2, 0.25) is 5.91 Å². The molecule has 0 spiro atoms. The van der Waals surface area contributed by atoms with Crippen LogP contribution in [0.15, 0.2) is 11.7 Å². The van der Waals surface area contributed by atoms with Gasteiger partial charge in [-0.3, -0.25) is 9.69 Å². The van der Waals surface area contributed by atoms with Gasteiger partial charge in [0.05, 0.1) is 12.2 Å². The van der Waals surface area contributed by atoms with Crippen molar-refractivity contribution in [2.24, 2.45) is 0 Å². The first kappa shape index (κ1) is 13.2. The van der Waals surface area contributed by atoms with Crippen molar-refractivity contribution in [2.45, 2.75) is 20.4 Å². The Labute approximate surface area is 114 Å². The van der Waals surface area contributed by atoms with Crippen LogP contribution in [0.2, 0.25) is 0 Å². The van der Waals surface area contributed by atoms with Crippen LogP contribution in [-0.4, -0.2) is 32.2 Å². The van der Waals surface area contributed by atoms with E-state index in [2.05, 4.69) is 15.1 Å². The van der Waals surface area contributed by atoms with Gasteiger partial charge in [-0.1, -0.05) is 0 Å². The standard InChI is InChI=1S/C11H12N6OS/c1-3-17(8(2)18)11-14-9(6-19-11)5-16-7-13-10(4-12)15-16/h6-7H,3,5H2,1-2H3. The van der Waals surface area contributed by atoms with E-state index >= 15 is 0 Å². The Bertz CT molecular complexity index is 625. The van der Waals surface area contributed by atoms with E-state index in [4.69, 9.17) is 5.26 Å². The number of thiazole rings is 1. The number of amides is 1. The first-order valence-electron chi connectivity index (χ1n) is 5.66. The van der Waals surface area contributed by atoms with E-state index in [1.807, 2.05) is 18.4 Å². The van der Waals surface area contributed by atoms with Gasteiger partial charge in [0.15, 0.2) is 5.13 Å². The Hall–Kier alpha value is -2.27. The predicted molar refractivity (Wildman–Crippen MR) is 69.7 cm³/mol. The molecule has 0 bridgehead atoms. The molecule has 0 saturated carbocycles. The lowest BCUT2D eigenvalue weighted by molar-refractivity contribution is -0.116. The van der Waals surface area contributed by atoms with E-state index in [9.17, 15) is 4.79 Å². The SMILES string of the molecule is CCN(C(C)=O)c1nc(Cn2cnc(C#N)n2)cs1. The Kier molecular flexibility index (Phi) is 3.87. The molecule has 0 aliphatic heterocycles. The number of hydrogen-bond acceptors (Lipinski definition) is 6. The molecular formula is C11H12N6OS. The van der Waals surface area contributed by atoms with Gasteiger partial charge in [0, 0.05) is 18.8 Å². The molecule has 0 saturated heterocycles. The Morgan fingerprint density at radius 1 is 1.63 bits per heavy atom. The Morgan fingerprint density at radius 2 is 2.42 bits per heavy atom. The van der Waals surface area contributed by atoms with Crippen molar-refractivity contribution in [3.8, 4) is 6.07 Å². The third-order valence-electron chi connectivity index (χ3n) is 2.43. The minimum absolute atomic E-state index is 0.0316. The number of nitriles is 1. The molecule has 0 aliphatic rings. The van der Waals surface area contributed by atoms with Crippen LogP contribution in [0.4, 0.5) is 5.13 Å². The highest BCUT2D eigenvalue weighted by molar-refractivity contribution is 7.14. The van der Waals surface area contributed by atoms with Crippen molar-refractivity contribution in [2.75, 3.05) is 11.4 Å². The van der Waals surface area contributed by atoms with Gasteiger partial charge < -0.3 is 0 Å². The summed E-state index contributed by atoms with van der Waals surface area (Å²) in [5, 5.41) is 15.1. The molecule has 8 heteroatoms. The van der Waals surface area contributed by atoms with E-state index < -0.39 is 0 Å². The van der Waals surface area contributed by atoms with Crippen LogP contribution < -0.4 is 4.90 Å². The highest BCUT2D eigenvalue weighted by Crippen LogP contribution is 2.20. The average molecular weight is 276 g/mol. The number of carbonyl (C=O) groups excluding carboxylic acids is 1. The zero-order chi connectivity index (χ0) is 13.8. The summed E-state index contributed by atoms with van der Waals surface area (Å²) in [6, 6.07) is 1.87. The van der Waals surface area contributed by atoms with Crippen LogP contribution in [0.25, 0.3) is 0 Å². The Balaban J connectivity index is 2.13. The lowest BCUT2D eigenvalue weighted by atomic mass is 10.5. The monoisotopic (exact) mass is 276 g/mol. The van der Waals surface area contributed by atoms with Gasteiger partial charge in [-0.05, 0) is 6.92 Å². The van der Waals surface area contributed by atoms with Crippen molar-refractivity contribution in [3.05, 3.63) is 23.2 Å². The van der Waals surface area contributed by atoms with Crippen LogP contribution in [0, 0.1) is 11.3 Å². The molecule has 0 aliphatic carbocycles. The van der Waals surface area contributed by atoms with Gasteiger partial charge >= 0.3 is 0 Å². The van der Waals surface area contributed by atoms with Crippen LogP contribution in [0.3, 0.4) is 0 Å². The summed E-state index contributed by atoms with van der Waals surface area (Å²) in [5.41, 5.74) is 0.786. The minimum atomic E-state index is -0.0316. The summed E-state index contributed by atoms with van der Waals surface area (Å²) < 4.78 is 1.54. The summed E-state index contributed by atoms with van der Waals surface area (Å²) in [6.45, 7) is 4.44. The summed E-state index contributed by atoms with van der Waals surface area (Å²) in [5.74, 6) is 0.102. The number of anilines is 1. The quantitative estimate of drug-likeness (QED) is 0.832. The molecule has 0 atom stereocenters. The van der Waals surface area contributed by atoms with Crippen LogP contribution >= 0.6 is 11.3 Å². The van der Waals surface area contributed by atoms with Gasteiger partial charge in [0.25, 0.3) is 5.82 Å². The van der Waals surface area contributed by atoms with E-state index in [0.717, 1.165) is 5.69 Å². The molecular weight excluding hydrogens is 264 g/mol.